The van der Waals surface area contributed by atoms with Crippen LogP contribution in [0.1, 0.15) is 11.1 Å². The molecule has 0 aliphatic heterocycles. The fourth-order valence-corrected chi connectivity index (χ4v) is 2.10. The van der Waals surface area contributed by atoms with Crippen molar-refractivity contribution >= 4 is 28.7 Å². The standard InChI is InChI=1S/C15H13ClF3N2/c1-2-9-3-5-10(6-4-9)21-14-8-12(16)11(7-13(14)20)15(17,18)19/h3-8,21H,1-2,20H2. The van der Waals surface area contributed by atoms with E-state index in [1.165, 1.54) is 6.07 Å². The second-order valence-corrected chi connectivity index (χ2v) is 4.90. The molecule has 111 valence electrons. The van der Waals surface area contributed by atoms with Crippen LogP contribution in [0.25, 0.3) is 0 Å². The van der Waals surface area contributed by atoms with Gasteiger partial charge in [-0.3, -0.25) is 0 Å². The Morgan fingerprint density at radius 2 is 1.76 bits per heavy atom. The molecular weight excluding hydrogens is 301 g/mol. The van der Waals surface area contributed by atoms with Crippen LogP contribution in [0.15, 0.2) is 36.4 Å². The third-order valence-electron chi connectivity index (χ3n) is 2.97. The highest BCUT2D eigenvalue weighted by atomic mass is 35.5. The highest BCUT2D eigenvalue weighted by Gasteiger charge is 2.33. The van der Waals surface area contributed by atoms with Crippen LogP contribution in [-0.2, 0) is 12.6 Å². The third kappa shape index (κ3) is 3.61. The van der Waals surface area contributed by atoms with E-state index in [9.17, 15) is 13.2 Å². The molecule has 0 spiro atoms. The fourth-order valence-electron chi connectivity index (χ4n) is 1.83. The lowest BCUT2D eigenvalue weighted by atomic mass is 10.1. The summed E-state index contributed by atoms with van der Waals surface area (Å²) < 4.78 is 38.1. The van der Waals surface area contributed by atoms with E-state index in [1.807, 2.05) is 12.1 Å². The molecule has 0 unspecified atom stereocenters. The van der Waals surface area contributed by atoms with Gasteiger partial charge in [0, 0.05) is 5.69 Å². The lowest BCUT2D eigenvalue weighted by Crippen LogP contribution is -2.08. The van der Waals surface area contributed by atoms with E-state index in [4.69, 9.17) is 17.3 Å². The predicted molar refractivity (Wildman–Crippen MR) is 79.7 cm³/mol. The first-order valence-electron chi connectivity index (χ1n) is 6.12. The Labute approximate surface area is 125 Å². The van der Waals surface area contributed by atoms with Crippen LogP contribution in [0.4, 0.5) is 30.2 Å². The topological polar surface area (TPSA) is 38.0 Å². The van der Waals surface area contributed by atoms with Gasteiger partial charge in [0.05, 0.1) is 22.0 Å². The molecule has 0 aliphatic carbocycles. The molecule has 0 atom stereocenters. The van der Waals surface area contributed by atoms with E-state index in [0.717, 1.165) is 11.6 Å². The fraction of sp³-hybridized carbons (Fsp3) is 0.133. The maximum Gasteiger partial charge on any atom is 0.417 e. The third-order valence-corrected chi connectivity index (χ3v) is 3.28. The summed E-state index contributed by atoms with van der Waals surface area (Å²) in [7, 11) is 0. The molecule has 1 radical (unpaired) electrons. The molecule has 6 heteroatoms. The summed E-state index contributed by atoms with van der Waals surface area (Å²) in [5, 5.41) is 2.55. The van der Waals surface area contributed by atoms with E-state index in [-0.39, 0.29) is 5.69 Å². The molecule has 0 fully saturated rings. The summed E-state index contributed by atoms with van der Waals surface area (Å²) in [5.74, 6) is 0. The van der Waals surface area contributed by atoms with Gasteiger partial charge in [-0.15, -0.1) is 0 Å². The Kier molecular flexibility index (Phi) is 4.32. The molecule has 0 saturated heterocycles. The van der Waals surface area contributed by atoms with Crippen LogP contribution in [-0.4, -0.2) is 0 Å². The van der Waals surface area contributed by atoms with Gasteiger partial charge in [0.1, 0.15) is 0 Å². The summed E-state index contributed by atoms with van der Waals surface area (Å²) in [6.07, 6.45) is -3.87. The maximum absolute atomic E-state index is 12.7. The van der Waals surface area contributed by atoms with Crippen LogP contribution in [0.2, 0.25) is 5.02 Å². The Morgan fingerprint density at radius 3 is 2.29 bits per heavy atom. The minimum atomic E-state index is -4.53. The van der Waals surface area contributed by atoms with E-state index in [0.29, 0.717) is 17.8 Å². The molecule has 0 saturated carbocycles. The number of nitrogens with one attached hydrogen (secondary N) is 1. The van der Waals surface area contributed by atoms with Gasteiger partial charge in [-0.05, 0) is 43.2 Å². The van der Waals surface area contributed by atoms with E-state index < -0.39 is 16.8 Å². The molecule has 2 aromatic carbocycles. The van der Waals surface area contributed by atoms with Crippen LogP contribution in [0.5, 0.6) is 0 Å². The molecule has 21 heavy (non-hydrogen) atoms. The molecule has 0 aromatic heterocycles. The second-order valence-electron chi connectivity index (χ2n) is 4.49. The minimum Gasteiger partial charge on any atom is -0.397 e. The van der Waals surface area contributed by atoms with Gasteiger partial charge >= 0.3 is 6.18 Å². The lowest BCUT2D eigenvalue weighted by Gasteiger charge is -2.14. The average molecular weight is 314 g/mol. The van der Waals surface area contributed by atoms with Crippen molar-refractivity contribution in [1.82, 2.24) is 0 Å². The van der Waals surface area contributed by atoms with Gasteiger partial charge in [-0.2, -0.15) is 13.2 Å². The number of hydrogen-bond acceptors (Lipinski definition) is 2. The molecular formula is C15H13ClF3N2. The van der Waals surface area contributed by atoms with Crippen molar-refractivity contribution in [2.75, 3.05) is 11.1 Å². The minimum absolute atomic E-state index is 0.0204. The quantitative estimate of drug-likeness (QED) is 0.777. The smallest absolute Gasteiger partial charge is 0.397 e. The van der Waals surface area contributed by atoms with E-state index in [2.05, 4.69) is 12.2 Å². The first kappa shape index (κ1) is 15.5. The van der Waals surface area contributed by atoms with Crippen molar-refractivity contribution in [3.8, 4) is 0 Å². The number of benzene rings is 2. The van der Waals surface area contributed by atoms with Crippen molar-refractivity contribution in [1.29, 1.82) is 0 Å². The second kappa shape index (κ2) is 5.85. The number of hydrogen-bond donors (Lipinski definition) is 2. The Hall–Kier alpha value is -1.88. The number of halogens is 4. The Morgan fingerprint density at radius 1 is 1.14 bits per heavy atom. The van der Waals surface area contributed by atoms with Gasteiger partial charge in [0.15, 0.2) is 0 Å². The van der Waals surface area contributed by atoms with E-state index >= 15 is 0 Å². The molecule has 0 heterocycles. The zero-order valence-corrected chi connectivity index (χ0v) is 11.7. The van der Waals surface area contributed by atoms with Crippen LogP contribution < -0.4 is 11.1 Å². The molecule has 3 N–H and O–H groups in total. The highest BCUT2D eigenvalue weighted by molar-refractivity contribution is 6.32. The molecule has 0 amide bonds. The van der Waals surface area contributed by atoms with Crippen molar-refractivity contribution in [2.45, 2.75) is 12.6 Å². The molecule has 0 bridgehead atoms. The van der Waals surface area contributed by atoms with Gasteiger partial charge in [-0.25, -0.2) is 0 Å². The molecule has 0 aliphatic rings. The normalized spacial score (nSPS) is 11.5. The first-order valence-corrected chi connectivity index (χ1v) is 6.50. The zero-order chi connectivity index (χ0) is 15.6. The predicted octanol–water partition coefficient (Wildman–Crippen LogP) is 5.06. The SMILES string of the molecule is [CH2]Cc1ccc(Nc2cc(Cl)c(C(F)(F)F)cc2N)cc1. The molecule has 2 nitrogen and oxygen atoms in total. The summed E-state index contributed by atoms with van der Waals surface area (Å²) >= 11 is 5.68. The molecule has 2 rings (SSSR count). The van der Waals surface area contributed by atoms with Crippen molar-refractivity contribution in [2.24, 2.45) is 0 Å². The van der Waals surface area contributed by atoms with Gasteiger partial charge in [-0.1, -0.05) is 23.7 Å². The lowest BCUT2D eigenvalue weighted by molar-refractivity contribution is -0.137. The van der Waals surface area contributed by atoms with Crippen molar-refractivity contribution < 1.29 is 13.2 Å². The average Bonchev–Trinajstić information content (AvgIpc) is 2.42. The van der Waals surface area contributed by atoms with Gasteiger partial charge in [0.25, 0.3) is 0 Å². The maximum atomic E-state index is 12.7. The summed E-state index contributed by atoms with van der Waals surface area (Å²) in [4.78, 5) is 0. The number of alkyl halides is 3. The number of nitrogen functional groups attached to an aromatic ring is 1. The summed E-state index contributed by atoms with van der Waals surface area (Å²) in [6.45, 7) is 3.76. The zero-order valence-electron chi connectivity index (χ0n) is 11.0. The first-order chi connectivity index (χ1) is 9.81. The Bertz CT molecular complexity index is 637. The molecule has 2 aromatic rings. The number of anilines is 3. The largest absolute Gasteiger partial charge is 0.417 e. The van der Waals surface area contributed by atoms with Crippen molar-refractivity contribution in [3.05, 3.63) is 59.5 Å². The van der Waals surface area contributed by atoms with Gasteiger partial charge in [0.2, 0.25) is 0 Å². The monoisotopic (exact) mass is 313 g/mol. The summed E-state index contributed by atoms with van der Waals surface area (Å²) in [5.41, 5.74) is 6.78. The van der Waals surface area contributed by atoms with Crippen LogP contribution >= 0.6 is 11.6 Å². The highest BCUT2D eigenvalue weighted by Crippen LogP contribution is 2.39. The van der Waals surface area contributed by atoms with E-state index in [1.54, 1.807) is 12.1 Å². The van der Waals surface area contributed by atoms with Crippen LogP contribution in [0.3, 0.4) is 0 Å². The van der Waals surface area contributed by atoms with Crippen LogP contribution in [0, 0.1) is 6.92 Å². The number of nitrogens with two attached hydrogens (primary N) is 1. The van der Waals surface area contributed by atoms with Crippen molar-refractivity contribution in [3.63, 3.8) is 0 Å². The van der Waals surface area contributed by atoms with Gasteiger partial charge < -0.3 is 11.1 Å². The summed E-state index contributed by atoms with van der Waals surface area (Å²) in [6, 6.07) is 9.34. The Balaban J connectivity index is 2.30. The number of rotatable bonds is 3.